The lowest BCUT2D eigenvalue weighted by molar-refractivity contribution is -0.139. The summed E-state index contributed by atoms with van der Waals surface area (Å²) < 4.78 is 26.4. The summed E-state index contributed by atoms with van der Waals surface area (Å²) in [7, 11) is 2.83. The number of anilines is 1. The maximum Gasteiger partial charge on any atom is 0.309 e. The second-order valence-electron chi connectivity index (χ2n) is 10.9. The molecule has 10 nitrogen and oxygen atoms in total. The first kappa shape index (κ1) is 31.6. The predicted molar refractivity (Wildman–Crippen MR) is 167 cm³/mol. The molecule has 1 aliphatic rings. The Kier molecular flexibility index (Phi) is 9.48. The van der Waals surface area contributed by atoms with Crippen LogP contribution < -0.4 is 15.4 Å². The molecular weight excluding hydrogens is 601 g/mol. The van der Waals surface area contributed by atoms with Crippen LogP contribution in [0, 0.1) is 18.7 Å². The van der Waals surface area contributed by atoms with Crippen molar-refractivity contribution in [3.05, 3.63) is 88.1 Å². The molecule has 3 heterocycles. The lowest BCUT2D eigenvalue weighted by Crippen LogP contribution is -2.30. The lowest BCUT2D eigenvalue weighted by Gasteiger charge is -2.23. The molecule has 2 aromatic heterocycles. The Morgan fingerprint density at radius 1 is 1.16 bits per heavy atom. The second kappa shape index (κ2) is 13.5. The number of hydrogen-bond donors (Lipinski definition) is 2. The van der Waals surface area contributed by atoms with Crippen molar-refractivity contribution in [1.29, 1.82) is 0 Å². The molecule has 2 N–H and O–H groups in total. The molecule has 5 rings (SSSR count). The molecular formula is C33H33ClFN5O5. The summed E-state index contributed by atoms with van der Waals surface area (Å²) >= 11 is 5.97. The number of carbonyl (C=O) groups excluding carboxylic acids is 3. The van der Waals surface area contributed by atoms with Crippen molar-refractivity contribution < 1.29 is 28.2 Å². The second-order valence-corrected chi connectivity index (χ2v) is 11.3. The smallest absolute Gasteiger partial charge is 0.309 e. The molecule has 0 radical (unpaired) electrons. The zero-order valence-corrected chi connectivity index (χ0v) is 26.1. The summed E-state index contributed by atoms with van der Waals surface area (Å²) in [5.74, 6) is -1.61. The highest BCUT2D eigenvalue weighted by Crippen LogP contribution is 2.35. The van der Waals surface area contributed by atoms with Crippen molar-refractivity contribution in [3.63, 3.8) is 0 Å². The van der Waals surface area contributed by atoms with Gasteiger partial charge in [0.1, 0.15) is 5.69 Å². The van der Waals surface area contributed by atoms with Gasteiger partial charge in [0.05, 0.1) is 54.9 Å². The van der Waals surface area contributed by atoms with E-state index in [2.05, 4.69) is 20.7 Å². The van der Waals surface area contributed by atoms with E-state index in [1.165, 1.54) is 37.2 Å². The van der Waals surface area contributed by atoms with Crippen LogP contribution in [0.2, 0.25) is 5.02 Å². The molecule has 0 spiro atoms. The molecule has 1 aliphatic heterocycles. The van der Waals surface area contributed by atoms with Crippen LogP contribution in [-0.4, -0.2) is 46.8 Å². The van der Waals surface area contributed by atoms with Crippen LogP contribution in [0.4, 0.5) is 10.1 Å². The lowest BCUT2D eigenvalue weighted by atomic mass is 9.94. The number of ether oxygens (including phenoxy) is 2. The Morgan fingerprint density at radius 2 is 1.96 bits per heavy atom. The number of pyridine rings is 1. The molecule has 12 heteroatoms. The third kappa shape index (κ3) is 6.83. The minimum Gasteiger partial charge on any atom is -0.481 e. The molecule has 4 aromatic rings. The summed E-state index contributed by atoms with van der Waals surface area (Å²) in [5.41, 5.74) is 3.99. The average molecular weight is 634 g/mol. The van der Waals surface area contributed by atoms with Gasteiger partial charge in [-0.1, -0.05) is 43.1 Å². The van der Waals surface area contributed by atoms with E-state index in [0.717, 1.165) is 0 Å². The predicted octanol–water partition coefficient (Wildman–Crippen LogP) is 5.99. The van der Waals surface area contributed by atoms with E-state index in [-0.39, 0.29) is 34.5 Å². The Hall–Kier alpha value is -4.77. The van der Waals surface area contributed by atoms with Crippen LogP contribution >= 0.6 is 11.6 Å². The van der Waals surface area contributed by atoms with Gasteiger partial charge >= 0.3 is 5.97 Å². The SMILES string of the molecule is COC(=O)Cc1ccc2c(c1)NC(=O)[C@H](C)CCC[C@H](NC(=O)c1cnn(-c3cccc(Cl)c3F)c1C)c1cc-2cc(OC)n1. The Morgan fingerprint density at radius 3 is 2.71 bits per heavy atom. The number of benzene rings is 2. The molecule has 2 amide bonds. The molecule has 0 unspecified atom stereocenters. The van der Waals surface area contributed by atoms with Gasteiger partial charge in [-0.15, -0.1) is 0 Å². The number of nitrogens with one attached hydrogen (secondary N) is 2. The van der Waals surface area contributed by atoms with E-state index in [1.54, 1.807) is 31.2 Å². The van der Waals surface area contributed by atoms with Crippen LogP contribution in [0.3, 0.4) is 0 Å². The van der Waals surface area contributed by atoms with Gasteiger partial charge in [0.2, 0.25) is 11.8 Å². The van der Waals surface area contributed by atoms with Crippen molar-refractivity contribution >= 4 is 35.1 Å². The van der Waals surface area contributed by atoms with E-state index in [4.69, 9.17) is 21.1 Å². The molecule has 45 heavy (non-hydrogen) atoms. The standard InChI is InChI=1S/C33H33ClFN5O5/c1-18-7-5-9-25(38-33(43)23-17-36-40(19(23)2)28-10-6-8-24(34)31(28)35)27-15-21(16-29(37-27)44-3)22-12-11-20(14-30(41)45-4)13-26(22)39-32(18)42/h6,8,10-13,15-18,25H,5,7,9,14H2,1-4H3,(H,38,43)(H,39,42)/t18-,25+/m1/s1. The van der Waals surface area contributed by atoms with Gasteiger partial charge in [-0.2, -0.15) is 5.10 Å². The quantitative estimate of drug-likeness (QED) is 0.250. The van der Waals surface area contributed by atoms with Gasteiger partial charge in [-0.25, -0.2) is 14.1 Å². The maximum absolute atomic E-state index is 14.8. The number of amides is 2. The molecule has 0 saturated carbocycles. The first-order valence-corrected chi connectivity index (χ1v) is 14.8. The maximum atomic E-state index is 14.8. The van der Waals surface area contributed by atoms with E-state index >= 15 is 0 Å². The fraction of sp³-hybridized carbons (Fsp3) is 0.303. The van der Waals surface area contributed by atoms with Crippen LogP contribution in [0.1, 0.15) is 59.5 Å². The number of hydrogen-bond acceptors (Lipinski definition) is 7. The topological polar surface area (TPSA) is 124 Å². The number of rotatable bonds is 6. The summed E-state index contributed by atoms with van der Waals surface area (Å²) in [6.45, 7) is 3.52. The highest BCUT2D eigenvalue weighted by atomic mass is 35.5. The summed E-state index contributed by atoms with van der Waals surface area (Å²) in [6.07, 6.45) is 3.09. The van der Waals surface area contributed by atoms with Crippen LogP contribution in [0.15, 0.2) is 54.7 Å². The molecule has 234 valence electrons. The number of carbonyl (C=O) groups is 3. The normalized spacial score (nSPS) is 16.4. The summed E-state index contributed by atoms with van der Waals surface area (Å²) in [5, 5.41) is 10.3. The number of fused-ring (bicyclic) bond motifs is 4. The number of methoxy groups -OCH3 is 2. The van der Waals surface area contributed by atoms with Crippen molar-refractivity contribution in [2.24, 2.45) is 5.92 Å². The zero-order valence-electron chi connectivity index (χ0n) is 25.3. The van der Waals surface area contributed by atoms with Crippen LogP contribution in [-0.2, 0) is 20.7 Å². The molecule has 0 aliphatic carbocycles. The summed E-state index contributed by atoms with van der Waals surface area (Å²) in [6, 6.07) is 13.0. The van der Waals surface area contributed by atoms with Gasteiger partial charge in [0.15, 0.2) is 5.82 Å². The number of aromatic nitrogens is 3. The molecule has 0 saturated heterocycles. The number of halogens is 2. The first-order valence-electron chi connectivity index (χ1n) is 14.5. The molecule has 2 aromatic carbocycles. The van der Waals surface area contributed by atoms with Gasteiger partial charge < -0.3 is 20.1 Å². The van der Waals surface area contributed by atoms with E-state index in [9.17, 15) is 18.8 Å². The fourth-order valence-corrected chi connectivity index (χ4v) is 5.51. The Bertz CT molecular complexity index is 1770. The van der Waals surface area contributed by atoms with Crippen molar-refractivity contribution in [3.8, 4) is 22.7 Å². The largest absolute Gasteiger partial charge is 0.481 e. The Balaban J connectivity index is 1.53. The third-order valence-electron chi connectivity index (χ3n) is 7.91. The molecule has 0 fully saturated rings. The van der Waals surface area contributed by atoms with Crippen LogP contribution in [0.25, 0.3) is 16.8 Å². The van der Waals surface area contributed by atoms with E-state index in [1.807, 2.05) is 19.1 Å². The van der Waals surface area contributed by atoms with Gasteiger partial charge in [-0.05, 0) is 55.2 Å². The van der Waals surface area contributed by atoms with Crippen molar-refractivity contribution in [1.82, 2.24) is 20.1 Å². The molecule has 2 bridgehead atoms. The highest BCUT2D eigenvalue weighted by Gasteiger charge is 2.25. The van der Waals surface area contributed by atoms with E-state index < -0.39 is 23.7 Å². The van der Waals surface area contributed by atoms with Crippen molar-refractivity contribution in [2.75, 3.05) is 19.5 Å². The minimum absolute atomic E-state index is 0.0498. The van der Waals surface area contributed by atoms with Crippen LogP contribution in [0.5, 0.6) is 5.88 Å². The van der Waals surface area contributed by atoms with Gasteiger partial charge in [0.25, 0.3) is 5.91 Å². The molecule has 2 atom stereocenters. The zero-order chi connectivity index (χ0) is 32.2. The number of nitrogens with zero attached hydrogens (tertiary/aromatic N) is 3. The number of esters is 1. The third-order valence-corrected chi connectivity index (χ3v) is 8.21. The van der Waals surface area contributed by atoms with Gasteiger partial charge in [0, 0.05) is 23.2 Å². The van der Waals surface area contributed by atoms with Gasteiger partial charge in [-0.3, -0.25) is 14.4 Å². The Labute approximate surface area is 264 Å². The van der Waals surface area contributed by atoms with E-state index in [0.29, 0.717) is 58.9 Å². The summed E-state index contributed by atoms with van der Waals surface area (Å²) in [4.78, 5) is 43.5. The fourth-order valence-electron chi connectivity index (χ4n) is 5.34. The minimum atomic E-state index is -0.638. The first-order chi connectivity index (χ1) is 21.6. The average Bonchev–Trinajstić information content (AvgIpc) is 3.41. The monoisotopic (exact) mass is 633 g/mol. The van der Waals surface area contributed by atoms with Crippen molar-refractivity contribution in [2.45, 2.75) is 45.6 Å². The highest BCUT2D eigenvalue weighted by molar-refractivity contribution is 6.30.